The van der Waals surface area contributed by atoms with Crippen LogP contribution in [-0.4, -0.2) is 49.6 Å². The summed E-state index contributed by atoms with van der Waals surface area (Å²) in [5.41, 5.74) is 0.105. The SMILES string of the molecule is CC1(CNC(=O)CCN2CCCCCC2=O)COC1. The third-order valence-electron chi connectivity index (χ3n) is 3.89. The van der Waals surface area contributed by atoms with Gasteiger partial charge in [-0.1, -0.05) is 13.3 Å². The zero-order chi connectivity index (χ0) is 13.7. The van der Waals surface area contributed by atoms with Crippen LogP contribution in [0.4, 0.5) is 0 Å². The fourth-order valence-corrected chi connectivity index (χ4v) is 2.46. The van der Waals surface area contributed by atoms with Gasteiger partial charge in [0.1, 0.15) is 0 Å². The highest BCUT2D eigenvalue weighted by atomic mass is 16.5. The van der Waals surface area contributed by atoms with Gasteiger partial charge in [0.15, 0.2) is 0 Å². The van der Waals surface area contributed by atoms with Crippen molar-refractivity contribution >= 4 is 11.8 Å². The molecule has 2 fully saturated rings. The van der Waals surface area contributed by atoms with Crippen molar-refractivity contribution in [2.45, 2.75) is 39.0 Å². The molecule has 0 aromatic carbocycles. The molecule has 5 heteroatoms. The van der Waals surface area contributed by atoms with E-state index in [0.29, 0.717) is 25.9 Å². The van der Waals surface area contributed by atoms with Crippen LogP contribution in [0.3, 0.4) is 0 Å². The maximum atomic E-state index is 11.8. The van der Waals surface area contributed by atoms with Crippen molar-refractivity contribution in [2.75, 3.05) is 32.8 Å². The summed E-state index contributed by atoms with van der Waals surface area (Å²) >= 11 is 0. The minimum Gasteiger partial charge on any atom is -0.380 e. The van der Waals surface area contributed by atoms with Crippen LogP contribution < -0.4 is 5.32 Å². The van der Waals surface area contributed by atoms with Crippen LogP contribution in [-0.2, 0) is 14.3 Å². The van der Waals surface area contributed by atoms with Crippen molar-refractivity contribution in [3.63, 3.8) is 0 Å². The highest BCUT2D eigenvalue weighted by Crippen LogP contribution is 2.25. The maximum absolute atomic E-state index is 11.8. The molecule has 2 rings (SSSR count). The van der Waals surface area contributed by atoms with Crippen LogP contribution in [0, 0.1) is 5.41 Å². The molecule has 1 N–H and O–H groups in total. The van der Waals surface area contributed by atoms with E-state index < -0.39 is 0 Å². The van der Waals surface area contributed by atoms with Gasteiger partial charge in [-0.05, 0) is 12.8 Å². The Morgan fingerprint density at radius 2 is 2.16 bits per heavy atom. The van der Waals surface area contributed by atoms with Crippen LogP contribution in [0.25, 0.3) is 0 Å². The molecule has 2 saturated heterocycles. The minimum absolute atomic E-state index is 0.0326. The number of likely N-dealkylation sites (tertiary alicyclic amines) is 1. The Kier molecular flexibility index (Phi) is 4.80. The molecule has 2 aliphatic rings. The zero-order valence-electron chi connectivity index (χ0n) is 11.7. The fraction of sp³-hybridized carbons (Fsp3) is 0.857. The van der Waals surface area contributed by atoms with E-state index in [1.54, 1.807) is 0 Å². The lowest BCUT2D eigenvalue weighted by atomic mass is 9.89. The average Bonchev–Trinajstić information content (AvgIpc) is 2.56. The van der Waals surface area contributed by atoms with E-state index in [1.165, 1.54) is 0 Å². The minimum atomic E-state index is 0.0326. The lowest BCUT2D eigenvalue weighted by Crippen LogP contribution is -2.49. The molecule has 0 aromatic heterocycles. The van der Waals surface area contributed by atoms with Crippen LogP contribution in [0.5, 0.6) is 0 Å². The highest BCUT2D eigenvalue weighted by Gasteiger charge is 2.33. The predicted molar refractivity (Wildman–Crippen MR) is 71.6 cm³/mol. The zero-order valence-corrected chi connectivity index (χ0v) is 11.7. The topological polar surface area (TPSA) is 58.6 Å². The van der Waals surface area contributed by atoms with Crippen LogP contribution >= 0.6 is 0 Å². The van der Waals surface area contributed by atoms with Crippen molar-refractivity contribution in [2.24, 2.45) is 5.41 Å². The number of carbonyl (C=O) groups excluding carboxylic acids is 2. The number of ether oxygens (including phenoxy) is 1. The molecule has 0 saturated carbocycles. The molecule has 2 heterocycles. The van der Waals surface area contributed by atoms with Gasteiger partial charge in [0.2, 0.25) is 11.8 Å². The number of carbonyl (C=O) groups is 2. The standard InChI is InChI=1S/C14H24N2O3/c1-14(10-19-11-14)9-15-12(17)6-8-16-7-4-2-3-5-13(16)18/h2-11H2,1H3,(H,15,17). The molecule has 0 aliphatic carbocycles. The van der Waals surface area contributed by atoms with E-state index >= 15 is 0 Å². The molecule has 2 aliphatic heterocycles. The van der Waals surface area contributed by atoms with Crippen molar-refractivity contribution in [1.29, 1.82) is 0 Å². The first-order chi connectivity index (χ1) is 9.09. The van der Waals surface area contributed by atoms with Crippen molar-refractivity contribution in [1.82, 2.24) is 10.2 Å². The van der Waals surface area contributed by atoms with Crippen LogP contribution in [0.15, 0.2) is 0 Å². The quantitative estimate of drug-likeness (QED) is 0.807. The summed E-state index contributed by atoms with van der Waals surface area (Å²) in [6, 6.07) is 0. The molecule has 2 amide bonds. The fourth-order valence-electron chi connectivity index (χ4n) is 2.46. The van der Waals surface area contributed by atoms with E-state index in [9.17, 15) is 9.59 Å². The van der Waals surface area contributed by atoms with Gasteiger partial charge in [-0.2, -0.15) is 0 Å². The summed E-state index contributed by atoms with van der Waals surface area (Å²) in [5, 5.41) is 2.94. The van der Waals surface area contributed by atoms with Crippen molar-refractivity contribution in [3.8, 4) is 0 Å². The molecule has 0 atom stereocenters. The number of hydrogen-bond acceptors (Lipinski definition) is 3. The smallest absolute Gasteiger partial charge is 0.222 e. The summed E-state index contributed by atoms with van der Waals surface area (Å²) in [6.45, 7) is 5.57. The second-order valence-corrected chi connectivity index (χ2v) is 6.02. The summed E-state index contributed by atoms with van der Waals surface area (Å²) in [4.78, 5) is 25.4. The first kappa shape index (κ1) is 14.3. The summed E-state index contributed by atoms with van der Waals surface area (Å²) in [6.07, 6.45) is 4.20. The molecular weight excluding hydrogens is 244 g/mol. The molecule has 19 heavy (non-hydrogen) atoms. The second-order valence-electron chi connectivity index (χ2n) is 6.02. The van der Waals surface area contributed by atoms with Gasteiger partial charge in [-0.3, -0.25) is 9.59 Å². The van der Waals surface area contributed by atoms with Gasteiger partial charge in [0, 0.05) is 37.9 Å². The molecule has 0 aromatic rings. The van der Waals surface area contributed by atoms with E-state index in [2.05, 4.69) is 12.2 Å². The molecule has 0 spiro atoms. The Bertz CT molecular complexity index is 340. The third kappa shape index (κ3) is 4.20. The van der Waals surface area contributed by atoms with E-state index in [4.69, 9.17) is 4.74 Å². The van der Waals surface area contributed by atoms with Gasteiger partial charge in [-0.25, -0.2) is 0 Å². The Hall–Kier alpha value is -1.10. The Morgan fingerprint density at radius 1 is 1.37 bits per heavy atom. The summed E-state index contributed by atoms with van der Waals surface area (Å²) in [5.74, 6) is 0.231. The number of rotatable bonds is 5. The largest absolute Gasteiger partial charge is 0.380 e. The van der Waals surface area contributed by atoms with Crippen LogP contribution in [0.1, 0.15) is 39.0 Å². The molecule has 108 valence electrons. The molecule has 0 unspecified atom stereocenters. The Labute approximate surface area is 114 Å². The monoisotopic (exact) mass is 268 g/mol. The first-order valence-electron chi connectivity index (χ1n) is 7.21. The van der Waals surface area contributed by atoms with E-state index in [1.807, 2.05) is 4.90 Å². The number of nitrogens with one attached hydrogen (secondary N) is 1. The average molecular weight is 268 g/mol. The van der Waals surface area contributed by atoms with Crippen LogP contribution in [0.2, 0.25) is 0 Å². The lowest BCUT2D eigenvalue weighted by molar-refractivity contribution is -0.132. The number of nitrogens with zero attached hydrogens (tertiary/aromatic N) is 1. The van der Waals surface area contributed by atoms with Gasteiger partial charge < -0.3 is 15.0 Å². The molecule has 5 nitrogen and oxygen atoms in total. The van der Waals surface area contributed by atoms with Gasteiger partial charge in [0.05, 0.1) is 13.2 Å². The van der Waals surface area contributed by atoms with Gasteiger partial charge in [0.25, 0.3) is 0 Å². The Balaban J connectivity index is 1.66. The normalized spacial score (nSPS) is 22.6. The van der Waals surface area contributed by atoms with Crippen molar-refractivity contribution < 1.29 is 14.3 Å². The van der Waals surface area contributed by atoms with Gasteiger partial charge >= 0.3 is 0 Å². The third-order valence-corrected chi connectivity index (χ3v) is 3.89. The first-order valence-corrected chi connectivity index (χ1v) is 7.21. The number of hydrogen-bond donors (Lipinski definition) is 1. The summed E-state index contributed by atoms with van der Waals surface area (Å²) < 4.78 is 5.15. The lowest BCUT2D eigenvalue weighted by Gasteiger charge is -2.38. The van der Waals surface area contributed by atoms with Crippen molar-refractivity contribution in [3.05, 3.63) is 0 Å². The molecule has 0 bridgehead atoms. The highest BCUT2D eigenvalue weighted by molar-refractivity contribution is 5.79. The molecule has 0 radical (unpaired) electrons. The Morgan fingerprint density at radius 3 is 2.84 bits per heavy atom. The summed E-state index contributed by atoms with van der Waals surface area (Å²) in [7, 11) is 0. The molecular formula is C14H24N2O3. The predicted octanol–water partition coefficient (Wildman–Crippen LogP) is 0.932. The second kappa shape index (κ2) is 6.37. The van der Waals surface area contributed by atoms with E-state index in [-0.39, 0.29) is 17.2 Å². The maximum Gasteiger partial charge on any atom is 0.222 e. The number of amides is 2. The van der Waals surface area contributed by atoms with E-state index in [0.717, 1.165) is 39.0 Å². The van der Waals surface area contributed by atoms with Gasteiger partial charge in [-0.15, -0.1) is 0 Å².